The molecule has 0 aromatic heterocycles. The number of anilines is 1. The SMILES string of the molecule is CCC(C)N(CC)c1cccc(F)c1C(C)N. The molecule has 17 heavy (non-hydrogen) atoms. The van der Waals surface area contributed by atoms with E-state index in [1.165, 1.54) is 6.07 Å². The molecule has 2 nitrogen and oxygen atoms in total. The average Bonchev–Trinajstić information content (AvgIpc) is 2.29. The van der Waals surface area contributed by atoms with Gasteiger partial charge in [0.05, 0.1) is 0 Å². The van der Waals surface area contributed by atoms with Gasteiger partial charge in [0.25, 0.3) is 0 Å². The molecule has 1 aromatic rings. The molecule has 1 rings (SSSR count). The van der Waals surface area contributed by atoms with Crippen LogP contribution in [0.15, 0.2) is 18.2 Å². The Hall–Kier alpha value is -1.09. The van der Waals surface area contributed by atoms with Gasteiger partial charge in [0.2, 0.25) is 0 Å². The molecule has 0 aliphatic heterocycles. The Labute approximate surface area is 104 Å². The molecule has 2 atom stereocenters. The van der Waals surface area contributed by atoms with Gasteiger partial charge in [-0.1, -0.05) is 13.0 Å². The number of nitrogens with zero attached hydrogens (tertiary/aromatic N) is 1. The number of benzene rings is 1. The van der Waals surface area contributed by atoms with Gasteiger partial charge in [-0.15, -0.1) is 0 Å². The molecule has 2 N–H and O–H groups in total. The van der Waals surface area contributed by atoms with Crippen LogP contribution in [0.4, 0.5) is 10.1 Å². The summed E-state index contributed by atoms with van der Waals surface area (Å²) in [5.74, 6) is -0.209. The van der Waals surface area contributed by atoms with Crippen molar-refractivity contribution in [2.45, 2.75) is 46.2 Å². The lowest BCUT2D eigenvalue weighted by Crippen LogP contribution is -2.34. The molecule has 0 aliphatic rings. The summed E-state index contributed by atoms with van der Waals surface area (Å²) in [7, 11) is 0. The molecule has 0 aliphatic carbocycles. The highest BCUT2D eigenvalue weighted by molar-refractivity contribution is 5.56. The lowest BCUT2D eigenvalue weighted by Gasteiger charge is -2.32. The van der Waals surface area contributed by atoms with Gasteiger partial charge < -0.3 is 10.6 Å². The third kappa shape index (κ3) is 2.97. The Bertz CT molecular complexity index is 363. The molecule has 3 heteroatoms. The van der Waals surface area contributed by atoms with E-state index in [1.54, 1.807) is 6.07 Å². The summed E-state index contributed by atoms with van der Waals surface area (Å²) in [6.45, 7) is 9.06. The van der Waals surface area contributed by atoms with Crippen LogP contribution in [0.5, 0.6) is 0 Å². The quantitative estimate of drug-likeness (QED) is 0.851. The maximum Gasteiger partial charge on any atom is 0.130 e. The first-order valence-corrected chi connectivity index (χ1v) is 6.33. The van der Waals surface area contributed by atoms with Gasteiger partial charge >= 0.3 is 0 Å². The molecule has 0 spiro atoms. The fourth-order valence-electron chi connectivity index (χ4n) is 2.17. The minimum absolute atomic E-state index is 0.209. The number of nitrogens with two attached hydrogens (primary N) is 1. The van der Waals surface area contributed by atoms with Gasteiger partial charge in [-0.3, -0.25) is 0 Å². The Morgan fingerprint density at radius 2 is 1.94 bits per heavy atom. The fourth-order valence-corrected chi connectivity index (χ4v) is 2.17. The van der Waals surface area contributed by atoms with Crippen molar-refractivity contribution in [1.29, 1.82) is 0 Å². The van der Waals surface area contributed by atoms with E-state index in [-0.39, 0.29) is 11.9 Å². The fraction of sp³-hybridized carbons (Fsp3) is 0.571. The standard InChI is InChI=1S/C14H23FN2/c1-5-10(3)17(6-2)13-9-7-8-12(15)14(13)11(4)16/h7-11H,5-6,16H2,1-4H3. The third-order valence-corrected chi connectivity index (χ3v) is 3.26. The zero-order valence-electron chi connectivity index (χ0n) is 11.2. The van der Waals surface area contributed by atoms with Crippen molar-refractivity contribution >= 4 is 5.69 Å². The maximum atomic E-state index is 13.9. The molecule has 0 fully saturated rings. The predicted molar refractivity (Wildman–Crippen MR) is 71.8 cm³/mol. The second kappa shape index (κ2) is 6.01. The number of halogens is 1. The summed E-state index contributed by atoms with van der Waals surface area (Å²) in [6.07, 6.45) is 1.03. The molecule has 0 heterocycles. The van der Waals surface area contributed by atoms with Gasteiger partial charge in [-0.2, -0.15) is 0 Å². The summed E-state index contributed by atoms with van der Waals surface area (Å²) in [4.78, 5) is 2.21. The second-order valence-corrected chi connectivity index (χ2v) is 4.50. The molecule has 0 radical (unpaired) electrons. The Kier molecular flexibility index (Phi) is 4.94. The molecular formula is C14H23FN2. The van der Waals surface area contributed by atoms with Gasteiger partial charge in [0, 0.05) is 29.9 Å². The van der Waals surface area contributed by atoms with E-state index in [2.05, 4.69) is 25.7 Å². The third-order valence-electron chi connectivity index (χ3n) is 3.26. The number of hydrogen-bond donors (Lipinski definition) is 1. The molecule has 96 valence electrons. The van der Waals surface area contributed by atoms with E-state index in [0.717, 1.165) is 18.7 Å². The van der Waals surface area contributed by atoms with Crippen molar-refractivity contribution in [3.63, 3.8) is 0 Å². The summed E-state index contributed by atoms with van der Waals surface area (Å²) >= 11 is 0. The molecule has 1 aromatic carbocycles. The van der Waals surface area contributed by atoms with E-state index in [4.69, 9.17) is 5.73 Å². The van der Waals surface area contributed by atoms with Crippen LogP contribution in [0.3, 0.4) is 0 Å². The van der Waals surface area contributed by atoms with Gasteiger partial charge in [0.1, 0.15) is 5.82 Å². The summed E-state index contributed by atoms with van der Waals surface area (Å²) in [5.41, 5.74) is 7.43. The zero-order chi connectivity index (χ0) is 13.0. The average molecular weight is 238 g/mol. The number of hydrogen-bond acceptors (Lipinski definition) is 2. The highest BCUT2D eigenvalue weighted by Gasteiger charge is 2.19. The topological polar surface area (TPSA) is 29.3 Å². The Balaban J connectivity index is 3.23. The van der Waals surface area contributed by atoms with E-state index >= 15 is 0 Å². The Morgan fingerprint density at radius 3 is 2.41 bits per heavy atom. The van der Waals surface area contributed by atoms with Crippen LogP contribution in [0.25, 0.3) is 0 Å². The molecular weight excluding hydrogens is 215 g/mol. The summed E-state index contributed by atoms with van der Waals surface area (Å²) < 4.78 is 13.9. The monoisotopic (exact) mass is 238 g/mol. The van der Waals surface area contributed by atoms with Crippen LogP contribution in [0.2, 0.25) is 0 Å². The second-order valence-electron chi connectivity index (χ2n) is 4.50. The number of rotatable bonds is 5. The smallest absolute Gasteiger partial charge is 0.130 e. The van der Waals surface area contributed by atoms with Crippen LogP contribution < -0.4 is 10.6 Å². The van der Waals surface area contributed by atoms with Gasteiger partial charge in [0.15, 0.2) is 0 Å². The molecule has 0 saturated heterocycles. The van der Waals surface area contributed by atoms with E-state index in [0.29, 0.717) is 11.6 Å². The van der Waals surface area contributed by atoms with Gasteiger partial charge in [-0.25, -0.2) is 4.39 Å². The highest BCUT2D eigenvalue weighted by atomic mass is 19.1. The van der Waals surface area contributed by atoms with E-state index in [9.17, 15) is 4.39 Å². The molecule has 0 amide bonds. The van der Waals surface area contributed by atoms with Crippen LogP contribution in [-0.2, 0) is 0 Å². The van der Waals surface area contributed by atoms with Crippen molar-refractivity contribution in [3.8, 4) is 0 Å². The molecule has 2 unspecified atom stereocenters. The summed E-state index contributed by atoms with van der Waals surface area (Å²) in [5, 5.41) is 0. The molecule has 0 bridgehead atoms. The first kappa shape index (κ1) is 14.0. The largest absolute Gasteiger partial charge is 0.369 e. The summed E-state index contributed by atoms with van der Waals surface area (Å²) in [6, 6.07) is 5.29. The highest BCUT2D eigenvalue weighted by Crippen LogP contribution is 2.29. The molecule has 0 saturated carbocycles. The first-order chi connectivity index (χ1) is 8.02. The zero-order valence-corrected chi connectivity index (χ0v) is 11.2. The lowest BCUT2D eigenvalue weighted by molar-refractivity contribution is 0.580. The first-order valence-electron chi connectivity index (χ1n) is 6.33. The predicted octanol–water partition coefficient (Wildman–Crippen LogP) is 3.47. The maximum absolute atomic E-state index is 13.9. The van der Waals surface area contributed by atoms with Crippen LogP contribution in [0, 0.1) is 5.82 Å². The van der Waals surface area contributed by atoms with Gasteiger partial charge in [-0.05, 0) is 39.3 Å². The van der Waals surface area contributed by atoms with Crippen LogP contribution in [-0.4, -0.2) is 12.6 Å². The van der Waals surface area contributed by atoms with Crippen molar-refractivity contribution in [2.24, 2.45) is 5.73 Å². The van der Waals surface area contributed by atoms with Crippen molar-refractivity contribution < 1.29 is 4.39 Å². The minimum atomic E-state index is -0.288. The van der Waals surface area contributed by atoms with Crippen LogP contribution in [0.1, 0.15) is 45.7 Å². The van der Waals surface area contributed by atoms with Crippen molar-refractivity contribution in [3.05, 3.63) is 29.6 Å². The minimum Gasteiger partial charge on any atom is -0.369 e. The van der Waals surface area contributed by atoms with Crippen molar-refractivity contribution in [1.82, 2.24) is 0 Å². The van der Waals surface area contributed by atoms with Crippen molar-refractivity contribution in [2.75, 3.05) is 11.4 Å². The Morgan fingerprint density at radius 1 is 1.29 bits per heavy atom. The normalized spacial score (nSPS) is 14.5. The van der Waals surface area contributed by atoms with Crippen LogP contribution >= 0.6 is 0 Å². The lowest BCUT2D eigenvalue weighted by atomic mass is 10.0. The van der Waals surface area contributed by atoms with E-state index in [1.807, 2.05) is 13.0 Å². The van der Waals surface area contributed by atoms with E-state index < -0.39 is 0 Å².